The highest BCUT2D eigenvalue weighted by atomic mass is 16.5. The first kappa shape index (κ1) is 17.0. The summed E-state index contributed by atoms with van der Waals surface area (Å²) in [6, 6.07) is 8.40. The van der Waals surface area contributed by atoms with Crippen molar-refractivity contribution in [1.82, 2.24) is 5.32 Å². The zero-order valence-corrected chi connectivity index (χ0v) is 13.2. The molecule has 3 nitrogen and oxygen atoms in total. The Morgan fingerprint density at radius 1 is 1.25 bits per heavy atom. The zero-order chi connectivity index (χ0) is 14.6. The van der Waals surface area contributed by atoms with E-state index in [0.29, 0.717) is 5.92 Å². The Morgan fingerprint density at radius 2 is 2.10 bits per heavy atom. The fourth-order valence-corrected chi connectivity index (χ4v) is 2.41. The molecule has 0 aliphatic carbocycles. The molecule has 1 rings (SSSR count). The number of ether oxygens (including phenoxy) is 2. The number of benzene rings is 1. The third kappa shape index (κ3) is 6.92. The summed E-state index contributed by atoms with van der Waals surface area (Å²) in [4.78, 5) is 0. The van der Waals surface area contributed by atoms with Gasteiger partial charge in [-0.25, -0.2) is 0 Å². The van der Waals surface area contributed by atoms with E-state index in [0.717, 1.165) is 38.3 Å². The zero-order valence-electron chi connectivity index (χ0n) is 13.2. The van der Waals surface area contributed by atoms with Gasteiger partial charge in [0, 0.05) is 13.7 Å². The van der Waals surface area contributed by atoms with Crippen molar-refractivity contribution in [1.29, 1.82) is 0 Å². The number of hydrogen-bond acceptors (Lipinski definition) is 3. The fourth-order valence-electron chi connectivity index (χ4n) is 2.41. The van der Waals surface area contributed by atoms with Crippen molar-refractivity contribution < 1.29 is 9.47 Å². The molecule has 0 aromatic heterocycles. The van der Waals surface area contributed by atoms with Gasteiger partial charge in [0.25, 0.3) is 0 Å². The summed E-state index contributed by atoms with van der Waals surface area (Å²) in [7, 11) is 3.49. The first-order valence-electron chi connectivity index (χ1n) is 7.62. The maximum atomic E-state index is 5.30. The molecule has 0 aliphatic rings. The molecule has 1 N–H and O–H groups in total. The van der Waals surface area contributed by atoms with Crippen LogP contribution in [-0.2, 0) is 11.2 Å². The quantitative estimate of drug-likeness (QED) is 0.631. The Morgan fingerprint density at radius 3 is 2.80 bits per heavy atom. The summed E-state index contributed by atoms with van der Waals surface area (Å²) >= 11 is 0. The van der Waals surface area contributed by atoms with Gasteiger partial charge in [-0.05, 0) is 62.4 Å². The van der Waals surface area contributed by atoms with E-state index in [9.17, 15) is 0 Å². The Hall–Kier alpha value is -1.06. The van der Waals surface area contributed by atoms with Crippen molar-refractivity contribution in [2.24, 2.45) is 5.92 Å². The molecule has 0 radical (unpaired) electrons. The van der Waals surface area contributed by atoms with E-state index in [1.54, 1.807) is 14.2 Å². The van der Waals surface area contributed by atoms with Crippen molar-refractivity contribution in [3.63, 3.8) is 0 Å². The van der Waals surface area contributed by atoms with Crippen LogP contribution in [-0.4, -0.2) is 33.9 Å². The highest BCUT2D eigenvalue weighted by Crippen LogP contribution is 2.18. The first-order chi connectivity index (χ1) is 9.80. The Labute approximate surface area is 123 Å². The average Bonchev–Trinajstić information content (AvgIpc) is 2.47. The molecule has 114 valence electrons. The number of rotatable bonds is 11. The highest BCUT2D eigenvalue weighted by Gasteiger charge is 2.10. The minimum absolute atomic E-state index is 0.656. The van der Waals surface area contributed by atoms with Crippen molar-refractivity contribution in [3.8, 4) is 5.75 Å². The van der Waals surface area contributed by atoms with Crippen LogP contribution in [0.4, 0.5) is 0 Å². The Bertz CT molecular complexity index is 345. The van der Waals surface area contributed by atoms with Gasteiger partial charge in [0.05, 0.1) is 7.11 Å². The molecule has 0 amide bonds. The molecule has 0 aliphatic heterocycles. The highest BCUT2D eigenvalue weighted by molar-refractivity contribution is 5.28. The number of nitrogens with one attached hydrogen (secondary N) is 1. The molecular formula is C17H29NO2. The minimum Gasteiger partial charge on any atom is -0.497 e. The molecule has 0 saturated heterocycles. The molecule has 0 fully saturated rings. The van der Waals surface area contributed by atoms with Crippen LogP contribution in [0.1, 0.15) is 31.7 Å². The second-order valence-corrected chi connectivity index (χ2v) is 5.26. The SMILES string of the molecule is CCCNCC(CCCOC)Cc1cccc(OC)c1. The third-order valence-electron chi connectivity index (χ3n) is 3.48. The van der Waals surface area contributed by atoms with Crippen LogP contribution in [0.2, 0.25) is 0 Å². The number of hydrogen-bond donors (Lipinski definition) is 1. The lowest BCUT2D eigenvalue weighted by molar-refractivity contribution is 0.186. The van der Waals surface area contributed by atoms with Crippen molar-refractivity contribution in [3.05, 3.63) is 29.8 Å². The average molecular weight is 279 g/mol. The smallest absolute Gasteiger partial charge is 0.119 e. The van der Waals surface area contributed by atoms with Crippen LogP contribution in [0.3, 0.4) is 0 Å². The monoisotopic (exact) mass is 279 g/mol. The molecule has 1 aromatic carbocycles. The van der Waals surface area contributed by atoms with Gasteiger partial charge < -0.3 is 14.8 Å². The van der Waals surface area contributed by atoms with Gasteiger partial charge in [0.2, 0.25) is 0 Å². The van der Waals surface area contributed by atoms with E-state index >= 15 is 0 Å². The van der Waals surface area contributed by atoms with E-state index in [2.05, 4.69) is 30.4 Å². The number of methoxy groups -OCH3 is 2. The van der Waals surface area contributed by atoms with Gasteiger partial charge in [-0.15, -0.1) is 0 Å². The van der Waals surface area contributed by atoms with E-state index < -0.39 is 0 Å². The van der Waals surface area contributed by atoms with E-state index in [1.807, 2.05) is 6.07 Å². The van der Waals surface area contributed by atoms with Crippen LogP contribution in [0.25, 0.3) is 0 Å². The van der Waals surface area contributed by atoms with Gasteiger partial charge in [0.1, 0.15) is 5.75 Å². The topological polar surface area (TPSA) is 30.5 Å². The minimum atomic E-state index is 0.656. The summed E-state index contributed by atoms with van der Waals surface area (Å²) in [5.74, 6) is 1.60. The summed E-state index contributed by atoms with van der Waals surface area (Å²) in [5, 5.41) is 3.54. The Balaban J connectivity index is 2.51. The first-order valence-corrected chi connectivity index (χ1v) is 7.62. The Kier molecular flexibility index (Phi) is 9.09. The van der Waals surface area contributed by atoms with Gasteiger partial charge in [-0.1, -0.05) is 19.1 Å². The molecule has 1 aromatic rings. The normalized spacial score (nSPS) is 12.3. The van der Waals surface area contributed by atoms with Crippen LogP contribution < -0.4 is 10.1 Å². The van der Waals surface area contributed by atoms with Crippen LogP contribution >= 0.6 is 0 Å². The predicted octanol–water partition coefficient (Wildman–Crippen LogP) is 3.28. The predicted molar refractivity (Wildman–Crippen MR) is 84.5 cm³/mol. The van der Waals surface area contributed by atoms with Gasteiger partial charge in [-0.2, -0.15) is 0 Å². The molecule has 1 atom stereocenters. The summed E-state index contributed by atoms with van der Waals surface area (Å²) in [6.07, 6.45) is 4.60. The molecule has 0 bridgehead atoms. The lowest BCUT2D eigenvalue weighted by atomic mass is 9.94. The van der Waals surface area contributed by atoms with Gasteiger partial charge in [0.15, 0.2) is 0 Å². The molecule has 3 heteroatoms. The molecular weight excluding hydrogens is 250 g/mol. The summed E-state index contributed by atoms with van der Waals surface area (Å²) in [5.41, 5.74) is 1.35. The lowest BCUT2D eigenvalue weighted by Gasteiger charge is -2.18. The van der Waals surface area contributed by atoms with Crippen molar-refractivity contribution >= 4 is 0 Å². The van der Waals surface area contributed by atoms with Gasteiger partial charge >= 0.3 is 0 Å². The van der Waals surface area contributed by atoms with E-state index in [1.165, 1.54) is 18.4 Å². The molecule has 0 spiro atoms. The lowest BCUT2D eigenvalue weighted by Crippen LogP contribution is -2.25. The van der Waals surface area contributed by atoms with Crippen LogP contribution in [0, 0.1) is 5.92 Å². The second-order valence-electron chi connectivity index (χ2n) is 5.26. The standard InChI is InChI=1S/C17H29NO2/c1-4-10-18-14-16(8-6-11-19-2)12-15-7-5-9-17(13-15)20-3/h5,7,9,13,16,18H,4,6,8,10-12,14H2,1-3H3. The maximum absolute atomic E-state index is 5.30. The molecule has 1 unspecified atom stereocenters. The maximum Gasteiger partial charge on any atom is 0.119 e. The summed E-state index contributed by atoms with van der Waals surface area (Å²) in [6.45, 7) is 5.23. The molecule has 0 heterocycles. The fraction of sp³-hybridized carbons (Fsp3) is 0.647. The van der Waals surface area contributed by atoms with Crippen LogP contribution in [0.5, 0.6) is 5.75 Å². The third-order valence-corrected chi connectivity index (χ3v) is 3.48. The van der Waals surface area contributed by atoms with Crippen molar-refractivity contribution in [2.45, 2.75) is 32.6 Å². The summed E-state index contributed by atoms with van der Waals surface area (Å²) < 4.78 is 10.5. The van der Waals surface area contributed by atoms with Crippen molar-refractivity contribution in [2.75, 3.05) is 33.9 Å². The van der Waals surface area contributed by atoms with E-state index in [-0.39, 0.29) is 0 Å². The second kappa shape index (κ2) is 10.7. The molecule has 0 saturated carbocycles. The largest absolute Gasteiger partial charge is 0.497 e. The van der Waals surface area contributed by atoms with Crippen LogP contribution in [0.15, 0.2) is 24.3 Å². The molecule has 20 heavy (non-hydrogen) atoms. The van der Waals surface area contributed by atoms with E-state index in [4.69, 9.17) is 9.47 Å². The van der Waals surface area contributed by atoms with Gasteiger partial charge in [-0.3, -0.25) is 0 Å².